The topological polar surface area (TPSA) is 131 Å². The summed E-state index contributed by atoms with van der Waals surface area (Å²) < 4.78 is 15.5. The standard InChI is InChI=1S/C22H32N2O8/c1-6-30-18(27)15-14-13(25)11-22(16(14)15,19(28)31-7-2)23-17(26)12-9-8-10-24(12)20(29)32-21(3,4)5/h6,12-16,25H,1,7-11H2,2-5H3,(H,23,26)/t12?,13-,14-,15-,16-,22?/m0/s1. The monoisotopic (exact) mass is 452 g/mol. The van der Waals surface area contributed by atoms with Gasteiger partial charge in [-0.2, -0.15) is 0 Å². The molecule has 6 atom stereocenters. The number of likely N-dealkylation sites (tertiary alicyclic amines) is 1. The minimum absolute atomic E-state index is 0.0686. The molecule has 0 aromatic heterocycles. The Morgan fingerprint density at radius 1 is 1.28 bits per heavy atom. The SMILES string of the molecule is C=COC(=O)[C@H]1[C@H]2[C@@H]1C(NC(=O)C1CCCN1C(=O)OC(C)(C)C)(C(=O)OCC)C[C@@H]2O. The van der Waals surface area contributed by atoms with E-state index in [9.17, 15) is 24.3 Å². The van der Waals surface area contributed by atoms with Gasteiger partial charge in [0.1, 0.15) is 17.2 Å². The average Bonchev–Trinajstić information content (AvgIpc) is 3.11. The number of hydrogen-bond donors (Lipinski definition) is 2. The maximum absolute atomic E-state index is 13.3. The molecule has 3 fully saturated rings. The van der Waals surface area contributed by atoms with Crippen molar-refractivity contribution in [2.75, 3.05) is 13.2 Å². The number of fused-ring (bicyclic) bond motifs is 1. The minimum atomic E-state index is -1.58. The quantitative estimate of drug-likeness (QED) is 0.348. The van der Waals surface area contributed by atoms with Crippen molar-refractivity contribution < 1.29 is 38.5 Å². The maximum Gasteiger partial charge on any atom is 0.410 e. The van der Waals surface area contributed by atoms with Crippen molar-refractivity contribution in [1.82, 2.24) is 10.2 Å². The number of amides is 2. The Morgan fingerprint density at radius 3 is 2.56 bits per heavy atom. The fourth-order valence-electron chi connectivity index (χ4n) is 5.06. The van der Waals surface area contributed by atoms with E-state index in [4.69, 9.17) is 14.2 Å². The first-order valence-electron chi connectivity index (χ1n) is 10.9. The summed E-state index contributed by atoms with van der Waals surface area (Å²) in [5.74, 6) is -3.82. The van der Waals surface area contributed by atoms with Gasteiger partial charge >= 0.3 is 18.0 Å². The molecule has 2 unspecified atom stereocenters. The molecule has 0 radical (unpaired) electrons. The summed E-state index contributed by atoms with van der Waals surface area (Å²) in [6.45, 7) is 10.6. The second-order valence-corrected chi connectivity index (χ2v) is 9.52. The predicted molar refractivity (Wildman–Crippen MR) is 111 cm³/mol. The molecule has 10 nitrogen and oxygen atoms in total. The lowest BCUT2D eigenvalue weighted by molar-refractivity contribution is -0.156. The van der Waals surface area contributed by atoms with Crippen molar-refractivity contribution in [3.8, 4) is 0 Å². The summed E-state index contributed by atoms with van der Waals surface area (Å²) in [5.41, 5.74) is -2.30. The van der Waals surface area contributed by atoms with E-state index in [1.165, 1.54) is 4.90 Å². The summed E-state index contributed by atoms with van der Waals surface area (Å²) >= 11 is 0. The van der Waals surface area contributed by atoms with Gasteiger partial charge < -0.3 is 24.6 Å². The molecule has 2 aliphatic carbocycles. The van der Waals surface area contributed by atoms with E-state index in [-0.39, 0.29) is 13.0 Å². The van der Waals surface area contributed by atoms with Gasteiger partial charge in [-0.05, 0) is 40.5 Å². The molecule has 178 valence electrons. The lowest BCUT2D eigenvalue weighted by Crippen LogP contribution is -2.61. The third kappa shape index (κ3) is 4.32. The van der Waals surface area contributed by atoms with E-state index in [2.05, 4.69) is 11.9 Å². The molecule has 0 bridgehead atoms. The molecule has 0 aromatic carbocycles. The number of rotatable bonds is 6. The molecule has 2 amide bonds. The zero-order chi connectivity index (χ0) is 23.8. The van der Waals surface area contributed by atoms with Gasteiger partial charge in [0.25, 0.3) is 0 Å². The van der Waals surface area contributed by atoms with Crippen molar-refractivity contribution in [2.45, 2.75) is 70.2 Å². The highest BCUT2D eigenvalue weighted by Gasteiger charge is 2.76. The minimum Gasteiger partial charge on any atom is -0.464 e. The Labute approximate surface area is 187 Å². The molecular weight excluding hydrogens is 420 g/mol. The third-order valence-electron chi connectivity index (χ3n) is 6.26. The van der Waals surface area contributed by atoms with Crippen LogP contribution in [0.3, 0.4) is 0 Å². The number of carbonyl (C=O) groups is 4. The molecule has 2 N–H and O–H groups in total. The first-order chi connectivity index (χ1) is 15.0. The van der Waals surface area contributed by atoms with E-state index >= 15 is 0 Å². The number of aliphatic hydroxyl groups excluding tert-OH is 1. The number of hydrogen-bond acceptors (Lipinski definition) is 8. The zero-order valence-corrected chi connectivity index (χ0v) is 19.0. The van der Waals surface area contributed by atoms with Gasteiger partial charge in [0.15, 0.2) is 0 Å². The second kappa shape index (κ2) is 8.73. The maximum atomic E-state index is 13.3. The van der Waals surface area contributed by atoms with Crippen LogP contribution < -0.4 is 5.32 Å². The van der Waals surface area contributed by atoms with Crippen LogP contribution >= 0.6 is 0 Å². The molecule has 1 aliphatic heterocycles. The van der Waals surface area contributed by atoms with Crippen LogP contribution in [0, 0.1) is 17.8 Å². The van der Waals surface area contributed by atoms with Gasteiger partial charge in [0.05, 0.1) is 24.9 Å². The largest absolute Gasteiger partial charge is 0.464 e. The summed E-state index contributed by atoms with van der Waals surface area (Å²) in [5, 5.41) is 13.3. The number of nitrogens with zero attached hydrogens (tertiary/aromatic N) is 1. The van der Waals surface area contributed by atoms with Crippen LogP contribution in [-0.2, 0) is 28.6 Å². The summed E-state index contributed by atoms with van der Waals surface area (Å²) in [6, 6.07) is -0.829. The Morgan fingerprint density at radius 2 is 1.97 bits per heavy atom. The molecule has 0 spiro atoms. The number of aliphatic hydroxyl groups is 1. The molecule has 2 saturated carbocycles. The van der Waals surface area contributed by atoms with Crippen molar-refractivity contribution in [3.63, 3.8) is 0 Å². The third-order valence-corrected chi connectivity index (χ3v) is 6.26. The molecule has 1 heterocycles. The van der Waals surface area contributed by atoms with Crippen molar-refractivity contribution in [1.29, 1.82) is 0 Å². The van der Waals surface area contributed by atoms with Crippen LogP contribution in [0.1, 0.15) is 47.0 Å². The Hall–Kier alpha value is -2.62. The average molecular weight is 453 g/mol. The van der Waals surface area contributed by atoms with E-state index in [0.717, 1.165) is 6.26 Å². The number of nitrogens with one attached hydrogen (secondary N) is 1. The summed E-state index contributed by atoms with van der Waals surface area (Å²) in [4.78, 5) is 52.5. The van der Waals surface area contributed by atoms with Crippen molar-refractivity contribution in [2.24, 2.45) is 17.8 Å². The van der Waals surface area contributed by atoms with Crippen molar-refractivity contribution in [3.05, 3.63) is 12.8 Å². The smallest absolute Gasteiger partial charge is 0.410 e. The highest BCUT2D eigenvalue weighted by molar-refractivity contribution is 5.95. The van der Waals surface area contributed by atoms with Crippen LogP contribution in [-0.4, -0.2) is 70.4 Å². The van der Waals surface area contributed by atoms with Gasteiger partial charge in [-0.15, -0.1) is 0 Å². The predicted octanol–water partition coefficient (Wildman–Crippen LogP) is 1.12. The summed E-state index contributed by atoms with van der Waals surface area (Å²) in [7, 11) is 0. The lowest BCUT2D eigenvalue weighted by Gasteiger charge is -2.34. The molecular formula is C22H32N2O8. The van der Waals surface area contributed by atoms with E-state index in [0.29, 0.717) is 19.4 Å². The van der Waals surface area contributed by atoms with E-state index < -0.39 is 65.0 Å². The molecule has 3 aliphatic rings. The fraction of sp³-hybridized carbons (Fsp3) is 0.727. The van der Waals surface area contributed by atoms with Gasteiger partial charge in [-0.25, -0.2) is 9.59 Å². The van der Waals surface area contributed by atoms with Gasteiger partial charge in [0.2, 0.25) is 5.91 Å². The second-order valence-electron chi connectivity index (χ2n) is 9.52. The first-order valence-corrected chi connectivity index (χ1v) is 10.9. The molecule has 10 heteroatoms. The highest BCUT2D eigenvalue weighted by Crippen LogP contribution is 2.63. The summed E-state index contributed by atoms with van der Waals surface area (Å²) in [6.07, 6.45) is 0.324. The lowest BCUT2D eigenvalue weighted by atomic mass is 9.88. The van der Waals surface area contributed by atoms with E-state index in [1.807, 2.05) is 0 Å². The van der Waals surface area contributed by atoms with Crippen LogP contribution in [0.5, 0.6) is 0 Å². The van der Waals surface area contributed by atoms with Gasteiger partial charge in [-0.3, -0.25) is 14.5 Å². The number of carbonyl (C=O) groups excluding carboxylic acids is 4. The van der Waals surface area contributed by atoms with Crippen LogP contribution in [0.4, 0.5) is 4.79 Å². The fourth-order valence-corrected chi connectivity index (χ4v) is 5.06. The molecule has 1 saturated heterocycles. The normalized spacial score (nSPS) is 33.2. The zero-order valence-electron chi connectivity index (χ0n) is 19.0. The Balaban J connectivity index is 1.83. The molecule has 32 heavy (non-hydrogen) atoms. The molecule has 3 rings (SSSR count). The van der Waals surface area contributed by atoms with Crippen LogP contribution in [0.25, 0.3) is 0 Å². The Kier molecular flexibility index (Phi) is 6.55. The number of ether oxygens (including phenoxy) is 3. The molecule has 0 aromatic rings. The number of esters is 2. The highest BCUT2D eigenvalue weighted by atomic mass is 16.6. The first kappa shape index (κ1) is 24.0. The van der Waals surface area contributed by atoms with Crippen molar-refractivity contribution >= 4 is 23.9 Å². The van der Waals surface area contributed by atoms with Crippen LogP contribution in [0.15, 0.2) is 12.8 Å². The van der Waals surface area contributed by atoms with Crippen LogP contribution in [0.2, 0.25) is 0 Å². The van der Waals surface area contributed by atoms with E-state index in [1.54, 1.807) is 27.7 Å². The van der Waals surface area contributed by atoms with Gasteiger partial charge in [0, 0.05) is 24.8 Å². The Bertz CT molecular complexity index is 806. The van der Waals surface area contributed by atoms with Gasteiger partial charge in [-0.1, -0.05) is 6.58 Å².